The molecule has 0 saturated carbocycles. The van der Waals surface area contributed by atoms with E-state index in [0.717, 1.165) is 52.2 Å². The Hall–Kier alpha value is -7.88. The van der Waals surface area contributed by atoms with E-state index in [-0.39, 0.29) is 5.75 Å². The summed E-state index contributed by atoms with van der Waals surface area (Å²) in [6, 6.07) is 75.4. The molecule has 1 aliphatic carbocycles. The molecule has 1 aromatic heterocycles. The van der Waals surface area contributed by atoms with Gasteiger partial charge < -0.3 is 14.6 Å². The molecule has 0 radical (unpaired) electrons. The van der Waals surface area contributed by atoms with Crippen LogP contribution >= 0.6 is 0 Å². The van der Waals surface area contributed by atoms with Crippen LogP contribution in [0.15, 0.2) is 218 Å². The van der Waals surface area contributed by atoms with E-state index >= 15 is 0 Å². The zero-order valence-electron chi connectivity index (χ0n) is 33.6. The zero-order chi connectivity index (χ0) is 40.7. The molecule has 0 atom stereocenters. The van der Waals surface area contributed by atoms with E-state index in [0.29, 0.717) is 0 Å². The Morgan fingerprint density at radius 1 is 0.426 bits per heavy atom. The number of nitrogens with zero attached hydrogens (tertiary/aromatic N) is 2. The molecule has 61 heavy (non-hydrogen) atoms. The fourth-order valence-electron chi connectivity index (χ4n) is 9.17. The fraction of sp³-hybridized carbons (Fsp3) is 0.0345. The number of allylic oxidation sites excluding steroid dienone is 1. The summed E-state index contributed by atoms with van der Waals surface area (Å²) in [5, 5.41) is 14.4. The van der Waals surface area contributed by atoms with E-state index < -0.39 is 0 Å². The van der Waals surface area contributed by atoms with E-state index in [1.807, 2.05) is 24.3 Å². The summed E-state index contributed by atoms with van der Waals surface area (Å²) >= 11 is 0. The van der Waals surface area contributed by atoms with Gasteiger partial charge in [0.05, 0.1) is 5.52 Å². The summed E-state index contributed by atoms with van der Waals surface area (Å²) in [6.07, 6.45) is 6.70. The number of hydrogen-bond donors (Lipinski definition) is 1. The van der Waals surface area contributed by atoms with E-state index in [1.165, 1.54) is 60.9 Å². The van der Waals surface area contributed by atoms with Gasteiger partial charge in [0.2, 0.25) is 0 Å². The number of para-hydroxylation sites is 2. The molecule has 1 aliphatic rings. The van der Waals surface area contributed by atoms with Crippen molar-refractivity contribution in [1.82, 2.24) is 4.57 Å². The minimum atomic E-state index is 0.280. The molecule has 0 bridgehead atoms. The van der Waals surface area contributed by atoms with E-state index in [4.69, 9.17) is 0 Å². The predicted octanol–water partition coefficient (Wildman–Crippen LogP) is 15.6. The Labute approximate surface area is 356 Å². The molecule has 0 saturated heterocycles. The van der Waals surface area contributed by atoms with Gasteiger partial charge in [0.1, 0.15) is 5.75 Å². The molecule has 3 heteroatoms. The lowest BCUT2D eigenvalue weighted by atomic mass is 9.97. The van der Waals surface area contributed by atoms with Crippen molar-refractivity contribution in [2.24, 2.45) is 0 Å². The summed E-state index contributed by atoms with van der Waals surface area (Å²) in [5.41, 5.74) is 17.2. The molecule has 1 N–H and O–H groups in total. The molecule has 0 aliphatic heterocycles. The fourth-order valence-corrected chi connectivity index (χ4v) is 9.17. The van der Waals surface area contributed by atoms with Crippen molar-refractivity contribution < 1.29 is 5.11 Å². The van der Waals surface area contributed by atoms with Crippen molar-refractivity contribution in [3.05, 3.63) is 230 Å². The van der Waals surface area contributed by atoms with E-state index in [9.17, 15) is 5.11 Å². The Kier molecular flexibility index (Phi) is 9.13. The number of hydrogen-bond acceptors (Lipinski definition) is 2. The van der Waals surface area contributed by atoms with E-state index in [1.54, 1.807) is 6.07 Å². The number of aromatic hydroxyl groups is 1. The molecule has 0 unspecified atom stereocenters. The number of aromatic nitrogens is 1. The van der Waals surface area contributed by atoms with Gasteiger partial charge in [0, 0.05) is 45.0 Å². The largest absolute Gasteiger partial charge is 0.507 e. The highest BCUT2D eigenvalue weighted by molar-refractivity contribution is 5.97. The molecule has 11 rings (SSSR count). The number of fused-ring (bicyclic) bond motifs is 4. The zero-order valence-corrected chi connectivity index (χ0v) is 33.6. The van der Waals surface area contributed by atoms with Crippen LogP contribution in [0.2, 0.25) is 0 Å². The third-order valence-electron chi connectivity index (χ3n) is 12.2. The number of benzene rings is 9. The summed E-state index contributed by atoms with van der Waals surface area (Å²) < 4.78 is 2.45. The van der Waals surface area contributed by atoms with Crippen LogP contribution in [-0.2, 0) is 6.42 Å². The molecule has 10 aromatic rings. The standard InChI is InChI=1S/C58H42N2O/c61-58-22-8-5-16-53(58)46-14-9-13-45(39-46)42-27-33-48(34-28-42)59(49-37-29-44(30-38-49)52-19-10-12-43-11-1-2-15-51(43)52)47-31-23-40(24-32-47)41-25-35-50(36-26-41)60-56-20-6-3-17-54(56)55-18-4-7-21-57(55)60/h1-6,8-20,22-39,61H,7,21H2. The van der Waals surface area contributed by atoms with E-state index in [2.05, 4.69) is 204 Å². The summed E-state index contributed by atoms with van der Waals surface area (Å²) in [6.45, 7) is 0. The van der Waals surface area contributed by atoms with Gasteiger partial charge in [0.15, 0.2) is 0 Å². The van der Waals surface area contributed by atoms with Crippen LogP contribution in [0.4, 0.5) is 17.1 Å². The summed E-state index contributed by atoms with van der Waals surface area (Å²) in [5.74, 6) is 0.280. The number of phenols is 1. The molecular weight excluding hydrogens is 741 g/mol. The van der Waals surface area contributed by atoms with Crippen molar-refractivity contribution in [3.8, 4) is 55.9 Å². The lowest BCUT2D eigenvalue weighted by molar-refractivity contribution is 0.477. The maximum absolute atomic E-state index is 10.6. The smallest absolute Gasteiger partial charge is 0.123 e. The van der Waals surface area contributed by atoms with Crippen LogP contribution in [-0.4, -0.2) is 9.67 Å². The van der Waals surface area contributed by atoms with Crippen LogP contribution in [0.1, 0.15) is 17.7 Å². The third kappa shape index (κ3) is 6.67. The quantitative estimate of drug-likeness (QED) is 0.166. The molecule has 9 aromatic carbocycles. The third-order valence-corrected chi connectivity index (χ3v) is 12.2. The van der Waals surface area contributed by atoms with Crippen molar-refractivity contribution in [1.29, 1.82) is 0 Å². The minimum absolute atomic E-state index is 0.280. The Morgan fingerprint density at radius 3 is 1.69 bits per heavy atom. The molecular formula is C58H42N2O. The Balaban J connectivity index is 0.936. The molecule has 0 spiro atoms. The second-order valence-electron chi connectivity index (χ2n) is 15.8. The van der Waals surface area contributed by atoms with Crippen LogP contribution in [0.25, 0.3) is 77.9 Å². The highest BCUT2D eigenvalue weighted by atomic mass is 16.3. The first kappa shape index (κ1) is 36.2. The second-order valence-corrected chi connectivity index (χ2v) is 15.8. The molecule has 290 valence electrons. The van der Waals surface area contributed by atoms with Gasteiger partial charge >= 0.3 is 0 Å². The molecule has 0 amide bonds. The van der Waals surface area contributed by atoms with Crippen molar-refractivity contribution >= 4 is 44.8 Å². The monoisotopic (exact) mass is 782 g/mol. The van der Waals surface area contributed by atoms with Gasteiger partial charge in [-0.1, -0.05) is 158 Å². The highest BCUT2D eigenvalue weighted by Crippen LogP contribution is 2.40. The highest BCUT2D eigenvalue weighted by Gasteiger charge is 2.19. The van der Waals surface area contributed by atoms with Crippen LogP contribution < -0.4 is 4.90 Å². The van der Waals surface area contributed by atoms with Gasteiger partial charge in [0.25, 0.3) is 0 Å². The Morgan fingerprint density at radius 2 is 0.967 bits per heavy atom. The molecule has 0 fully saturated rings. The molecule has 1 heterocycles. The Bertz CT molecular complexity index is 3220. The van der Waals surface area contributed by atoms with Gasteiger partial charge in [-0.25, -0.2) is 0 Å². The summed E-state index contributed by atoms with van der Waals surface area (Å²) in [4.78, 5) is 2.33. The second kappa shape index (κ2) is 15.4. The summed E-state index contributed by atoms with van der Waals surface area (Å²) in [7, 11) is 0. The van der Waals surface area contributed by atoms with Crippen LogP contribution in [0.5, 0.6) is 5.75 Å². The average molecular weight is 783 g/mol. The number of rotatable bonds is 8. The minimum Gasteiger partial charge on any atom is -0.507 e. The van der Waals surface area contributed by atoms with Gasteiger partial charge in [-0.2, -0.15) is 0 Å². The first-order valence-electron chi connectivity index (χ1n) is 21.0. The SMILES string of the molecule is Oc1ccccc1-c1cccc(-c2ccc(N(c3ccc(-c4ccc(-n5c6c(c7ccccc75)C=CCC6)cc4)cc3)c3ccc(-c4cccc5ccccc45)cc3)cc2)c1. The van der Waals surface area contributed by atoms with Gasteiger partial charge in [-0.3, -0.25) is 0 Å². The predicted molar refractivity (Wildman–Crippen MR) is 256 cm³/mol. The lowest BCUT2D eigenvalue weighted by Crippen LogP contribution is -2.09. The van der Waals surface area contributed by atoms with Gasteiger partial charge in [-0.05, 0) is 129 Å². The number of phenolic OH excluding ortho intramolecular Hbond substituents is 1. The van der Waals surface area contributed by atoms with Gasteiger partial charge in [-0.15, -0.1) is 0 Å². The maximum atomic E-state index is 10.6. The van der Waals surface area contributed by atoms with Crippen molar-refractivity contribution in [2.75, 3.05) is 4.90 Å². The first-order valence-corrected chi connectivity index (χ1v) is 21.0. The van der Waals surface area contributed by atoms with Crippen LogP contribution in [0.3, 0.4) is 0 Å². The maximum Gasteiger partial charge on any atom is 0.123 e. The topological polar surface area (TPSA) is 28.4 Å². The lowest BCUT2D eigenvalue weighted by Gasteiger charge is -2.26. The normalized spacial score (nSPS) is 12.1. The average Bonchev–Trinajstić information content (AvgIpc) is 3.67. The van der Waals surface area contributed by atoms with Crippen LogP contribution in [0, 0.1) is 0 Å². The number of anilines is 3. The molecule has 3 nitrogen and oxygen atoms in total. The van der Waals surface area contributed by atoms with Crippen molar-refractivity contribution in [2.45, 2.75) is 12.8 Å². The van der Waals surface area contributed by atoms with Crippen molar-refractivity contribution in [3.63, 3.8) is 0 Å². The first-order chi connectivity index (χ1) is 30.2.